The number of benzene rings is 2. The van der Waals surface area contributed by atoms with Gasteiger partial charge >= 0.3 is 6.03 Å². The lowest BCUT2D eigenvalue weighted by Gasteiger charge is -2.16. The molecule has 4 rings (SSSR count). The number of fused-ring (bicyclic) bond motifs is 1. The van der Waals surface area contributed by atoms with Crippen molar-refractivity contribution < 1.29 is 9.59 Å². The fourth-order valence-corrected chi connectivity index (χ4v) is 4.99. The van der Waals surface area contributed by atoms with Crippen LogP contribution < -0.4 is 4.90 Å². The number of halogens is 1. The maximum atomic E-state index is 13.1. The lowest BCUT2D eigenvalue weighted by molar-refractivity contribution is -0.119. The lowest BCUT2D eigenvalue weighted by Crippen LogP contribution is -2.31. The Balaban J connectivity index is 1.75. The quantitative estimate of drug-likeness (QED) is 0.422. The van der Waals surface area contributed by atoms with Crippen LogP contribution in [0, 0.1) is 0 Å². The lowest BCUT2D eigenvalue weighted by atomic mass is 10.1. The summed E-state index contributed by atoms with van der Waals surface area (Å²) in [6, 6.07) is 12.0. The number of rotatable bonds is 3. The van der Waals surface area contributed by atoms with E-state index in [2.05, 4.69) is 20.9 Å². The van der Waals surface area contributed by atoms with Gasteiger partial charge in [0.1, 0.15) is 6.04 Å². The van der Waals surface area contributed by atoms with Gasteiger partial charge in [-0.05, 0) is 42.2 Å². The number of hydrogen-bond donors (Lipinski definition) is 0. The second kappa shape index (κ2) is 6.68. The molecule has 1 aromatic heterocycles. The summed E-state index contributed by atoms with van der Waals surface area (Å²) in [5, 5.41) is 0. The first-order valence-electron chi connectivity index (χ1n) is 7.80. The molecule has 1 aliphatic rings. The number of urea groups is 1. The largest absolute Gasteiger partial charge is 0.332 e. The summed E-state index contributed by atoms with van der Waals surface area (Å²) in [5.41, 5.74) is 2.23. The number of likely N-dealkylation sites (N-methyl/N-ethyl adjacent to an activating group) is 1. The van der Waals surface area contributed by atoms with E-state index in [1.54, 1.807) is 36.2 Å². The Labute approximate surface area is 167 Å². The van der Waals surface area contributed by atoms with Gasteiger partial charge in [0.15, 0.2) is 4.34 Å². The van der Waals surface area contributed by atoms with Crippen LogP contribution >= 0.6 is 39.0 Å². The number of carbonyl (C=O) groups excluding carboxylic acids is 2. The zero-order valence-corrected chi connectivity index (χ0v) is 17.2. The molecule has 3 aromatic rings. The van der Waals surface area contributed by atoms with Crippen LogP contribution in [-0.4, -0.2) is 35.1 Å². The highest BCUT2D eigenvalue weighted by atomic mass is 79.9. The zero-order chi connectivity index (χ0) is 18.4. The summed E-state index contributed by atoms with van der Waals surface area (Å²) in [7, 11) is 1.66. The predicted octanol–water partition coefficient (Wildman–Crippen LogP) is 4.92. The highest BCUT2D eigenvalue weighted by Gasteiger charge is 2.44. The van der Waals surface area contributed by atoms with E-state index < -0.39 is 6.04 Å². The minimum Gasteiger partial charge on any atom is -0.311 e. The Morgan fingerprint density at radius 1 is 1.19 bits per heavy atom. The molecule has 0 N–H and O–H groups in total. The van der Waals surface area contributed by atoms with Crippen molar-refractivity contribution in [3.05, 3.63) is 52.5 Å². The number of anilines is 1. The molecule has 1 fully saturated rings. The molecule has 1 aliphatic heterocycles. The van der Waals surface area contributed by atoms with Gasteiger partial charge < -0.3 is 4.90 Å². The molecule has 26 heavy (non-hydrogen) atoms. The van der Waals surface area contributed by atoms with Crippen molar-refractivity contribution in [2.24, 2.45) is 0 Å². The van der Waals surface area contributed by atoms with Crippen LogP contribution in [0.4, 0.5) is 10.5 Å². The van der Waals surface area contributed by atoms with E-state index >= 15 is 0 Å². The monoisotopic (exact) mass is 447 g/mol. The van der Waals surface area contributed by atoms with Crippen molar-refractivity contribution in [1.82, 2.24) is 9.88 Å². The first kappa shape index (κ1) is 17.5. The summed E-state index contributed by atoms with van der Waals surface area (Å²) < 4.78 is 2.79. The third kappa shape index (κ3) is 2.82. The number of amides is 3. The number of thioether (sulfide) groups is 1. The van der Waals surface area contributed by atoms with Gasteiger partial charge in [0, 0.05) is 11.5 Å². The van der Waals surface area contributed by atoms with Crippen molar-refractivity contribution in [1.29, 1.82) is 0 Å². The number of nitrogens with zero attached hydrogens (tertiary/aromatic N) is 3. The Kier molecular flexibility index (Phi) is 4.50. The number of carbonyl (C=O) groups is 2. The molecule has 0 bridgehead atoms. The fraction of sp³-hybridized carbons (Fsp3) is 0.167. The first-order chi connectivity index (χ1) is 12.5. The molecule has 2 heterocycles. The van der Waals surface area contributed by atoms with Gasteiger partial charge in [-0.1, -0.05) is 39.8 Å². The molecule has 5 nitrogen and oxygen atoms in total. The predicted molar refractivity (Wildman–Crippen MR) is 109 cm³/mol. The van der Waals surface area contributed by atoms with Gasteiger partial charge in [-0.15, -0.1) is 11.3 Å². The minimum absolute atomic E-state index is 0.246. The Hall–Kier alpha value is -1.90. The van der Waals surface area contributed by atoms with Crippen LogP contribution in [0.3, 0.4) is 0 Å². The molecule has 8 heteroatoms. The Bertz CT molecular complexity index is 1040. The molecular weight excluding hydrogens is 434 g/mol. The van der Waals surface area contributed by atoms with Crippen LogP contribution in [0.5, 0.6) is 0 Å². The number of aromatic nitrogens is 1. The summed E-state index contributed by atoms with van der Waals surface area (Å²) in [6.45, 7) is 0. The van der Waals surface area contributed by atoms with Crippen molar-refractivity contribution in [3.8, 4) is 0 Å². The second-order valence-electron chi connectivity index (χ2n) is 5.86. The van der Waals surface area contributed by atoms with E-state index in [0.717, 1.165) is 24.6 Å². The molecular formula is C18H14BrN3O2S2. The van der Waals surface area contributed by atoms with Crippen LogP contribution in [-0.2, 0) is 4.79 Å². The average Bonchev–Trinajstić information content (AvgIpc) is 3.13. The van der Waals surface area contributed by atoms with Crippen molar-refractivity contribution in [3.63, 3.8) is 0 Å². The van der Waals surface area contributed by atoms with E-state index in [0.29, 0.717) is 5.69 Å². The van der Waals surface area contributed by atoms with E-state index in [1.165, 1.54) is 9.80 Å². The van der Waals surface area contributed by atoms with Crippen molar-refractivity contribution in [2.45, 2.75) is 10.4 Å². The smallest absolute Gasteiger partial charge is 0.311 e. The third-order valence-electron chi connectivity index (χ3n) is 4.28. The summed E-state index contributed by atoms with van der Waals surface area (Å²) in [6.07, 6.45) is 1.98. The van der Waals surface area contributed by atoms with Crippen LogP contribution in [0.1, 0.15) is 11.6 Å². The maximum Gasteiger partial charge on any atom is 0.332 e. The van der Waals surface area contributed by atoms with Gasteiger partial charge in [0.05, 0.1) is 15.9 Å². The van der Waals surface area contributed by atoms with Crippen LogP contribution in [0.25, 0.3) is 10.2 Å². The molecule has 0 spiro atoms. The summed E-state index contributed by atoms with van der Waals surface area (Å²) in [4.78, 5) is 33.1. The summed E-state index contributed by atoms with van der Waals surface area (Å²) in [5.74, 6) is -0.246. The molecule has 132 valence electrons. The van der Waals surface area contributed by atoms with Gasteiger partial charge in [0.25, 0.3) is 5.91 Å². The van der Waals surface area contributed by atoms with Gasteiger partial charge in [-0.3, -0.25) is 4.79 Å². The minimum atomic E-state index is -0.626. The molecule has 0 saturated carbocycles. The molecule has 1 unspecified atom stereocenters. The number of imide groups is 1. The standard InChI is InChI=1S/C18H14BrN3O2S2/c1-21-15(10-4-3-5-11(19)8-10)16(23)22(18(21)24)12-6-7-13-14(9-12)26-17(20-13)25-2/h3-9,15H,1-2H3. The molecule has 3 amide bonds. The third-order valence-corrected chi connectivity index (χ3v) is 6.78. The molecule has 2 aromatic carbocycles. The fourth-order valence-electron chi connectivity index (χ4n) is 3.05. The molecule has 1 saturated heterocycles. The van der Waals surface area contributed by atoms with Gasteiger partial charge in [-0.2, -0.15) is 0 Å². The highest BCUT2D eigenvalue weighted by molar-refractivity contribution is 9.10. The maximum absolute atomic E-state index is 13.1. The normalized spacial score (nSPS) is 17.6. The molecule has 1 atom stereocenters. The topological polar surface area (TPSA) is 53.5 Å². The van der Waals surface area contributed by atoms with Gasteiger partial charge in [0.2, 0.25) is 0 Å². The van der Waals surface area contributed by atoms with E-state index in [4.69, 9.17) is 0 Å². The van der Waals surface area contributed by atoms with E-state index in [9.17, 15) is 9.59 Å². The Morgan fingerprint density at radius 3 is 2.73 bits per heavy atom. The van der Waals surface area contributed by atoms with E-state index in [-0.39, 0.29) is 11.9 Å². The van der Waals surface area contributed by atoms with E-state index in [1.807, 2.05) is 42.7 Å². The summed E-state index contributed by atoms with van der Waals surface area (Å²) >= 11 is 6.56. The van der Waals surface area contributed by atoms with Gasteiger partial charge in [-0.25, -0.2) is 14.7 Å². The SMILES string of the molecule is CSc1nc2ccc(N3C(=O)C(c4cccc(Br)c4)N(C)C3=O)cc2s1. The second-order valence-corrected chi connectivity index (χ2v) is 8.86. The average molecular weight is 448 g/mol. The van der Waals surface area contributed by atoms with Crippen molar-refractivity contribution >= 4 is 66.9 Å². The first-order valence-corrected chi connectivity index (χ1v) is 10.6. The van der Waals surface area contributed by atoms with Crippen LogP contribution in [0.2, 0.25) is 0 Å². The molecule has 0 radical (unpaired) electrons. The van der Waals surface area contributed by atoms with Crippen molar-refractivity contribution in [2.75, 3.05) is 18.2 Å². The highest BCUT2D eigenvalue weighted by Crippen LogP contribution is 2.36. The van der Waals surface area contributed by atoms with Crippen LogP contribution in [0.15, 0.2) is 51.3 Å². The zero-order valence-electron chi connectivity index (χ0n) is 14.0. The number of thiazole rings is 1. The number of hydrogen-bond acceptors (Lipinski definition) is 5. The molecule has 0 aliphatic carbocycles. The Morgan fingerprint density at radius 2 is 2.00 bits per heavy atom.